The summed E-state index contributed by atoms with van der Waals surface area (Å²) >= 11 is 3.02. The Morgan fingerprint density at radius 2 is 1.94 bits per heavy atom. The van der Waals surface area contributed by atoms with Crippen molar-refractivity contribution in [3.63, 3.8) is 0 Å². The summed E-state index contributed by atoms with van der Waals surface area (Å²) in [6.45, 7) is 0. The molecule has 1 aromatic heterocycles. The highest BCUT2D eigenvalue weighted by atomic mass is 79.9. The fourth-order valence-corrected chi connectivity index (χ4v) is 1.80. The van der Waals surface area contributed by atoms with E-state index < -0.39 is 11.7 Å². The molecule has 1 heterocycles. The minimum absolute atomic E-state index is 0.0907. The minimum atomic E-state index is -4.40. The highest BCUT2D eigenvalue weighted by Crippen LogP contribution is 2.34. The molecule has 0 amide bonds. The summed E-state index contributed by atoms with van der Waals surface area (Å²) in [4.78, 5) is 3.88. The SMILES string of the molecule is Nc1c#cc2cc(C(F)(F)F)cc(Br)c2n1. The van der Waals surface area contributed by atoms with Gasteiger partial charge in [0.25, 0.3) is 0 Å². The van der Waals surface area contributed by atoms with Crippen LogP contribution in [0.2, 0.25) is 0 Å². The van der Waals surface area contributed by atoms with E-state index in [-0.39, 0.29) is 15.7 Å². The number of benzene rings is 1. The van der Waals surface area contributed by atoms with Gasteiger partial charge in [0.1, 0.15) is 0 Å². The highest BCUT2D eigenvalue weighted by Gasteiger charge is 2.31. The number of halogens is 4. The lowest BCUT2D eigenvalue weighted by molar-refractivity contribution is -0.137. The van der Waals surface area contributed by atoms with Crippen LogP contribution in [0, 0.1) is 12.1 Å². The van der Waals surface area contributed by atoms with Crippen molar-refractivity contribution < 1.29 is 13.2 Å². The van der Waals surface area contributed by atoms with Crippen LogP contribution in [0.4, 0.5) is 19.0 Å². The summed E-state index contributed by atoms with van der Waals surface area (Å²) in [7, 11) is 0. The third-order valence-corrected chi connectivity index (χ3v) is 2.55. The van der Waals surface area contributed by atoms with Crippen LogP contribution in [0.5, 0.6) is 0 Å². The highest BCUT2D eigenvalue weighted by molar-refractivity contribution is 9.10. The van der Waals surface area contributed by atoms with Crippen molar-refractivity contribution in [2.24, 2.45) is 0 Å². The van der Waals surface area contributed by atoms with Gasteiger partial charge in [-0.1, -0.05) is 6.07 Å². The zero-order chi connectivity index (χ0) is 11.9. The Labute approximate surface area is 97.4 Å². The summed E-state index contributed by atoms with van der Waals surface area (Å²) in [6, 6.07) is 6.89. The standard InChI is InChI=1S/C10H4BrF3N2/c11-7-4-6(10(12,13)14)3-5-1-2-8(15)16-9(5)7/h3-4H,(H2,15,16). The molecule has 1 aromatic carbocycles. The van der Waals surface area contributed by atoms with Gasteiger partial charge in [0, 0.05) is 4.47 Å². The zero-order valence-corrected chi connectivity index (χ0v) is 9.28. The molecule has 0 aliphatic rings. The van der Waals surface area contributed by atoms with Gasteiger partial charge in [0.2, 0.25) is 0 Å². The molecule has 2 nitrogen and oxygen atoms in total. The molecular weight excluding hydrogens is 285 g/mol. The molecule has 82 valence electrons. The van der Waals surface area contributed by atoms with Crippen LogP contribution in [0.3, 0.4) is 0 Å². The number of nitrogens with zero attached hydrogens (tertiary/aromatic N) is 1. The minimum Gasteiger partial charge on any atom is -0.377 e. The first-order chi connectivity index (χ1) is 7.38. The molecule has 0 saturated carbocycles. The van der Waals surface area contributed by atoms with E-state index in [9.17, 15) is 13.2 Å². The Kier molecular flexibility index (Phi) is 2.43. The van der Waals surface area contributed by atoms with Crippen LogP contribution >= 0.6 is 15.9 Å². The van der Waals surface area contributed by atoms with Crippen LogP contribution in [0.1, 0.15) is 5.56 Å². The predicted molar refractivity (Wildman–Crippen MR) is 56.5 cm³/mol. The molecule has 0 radical (unpaired) electrons. The number of hydrogen-bond donors (Lipinski definition) is 1. The smallest absolute Gasteiger partial charge is 0.377 e. The van der Waals surface area contributed by atoms with E-state index in [0.717, 1.165) is 12.1 Å². The second kappa shape index (κ2) is 3.52. The monoisotopic (exact) mass is 288 g/mol. The lowest BCUT2D eigenvalue weighted by Crippen LogP contribution is -2.05. The van der Waals surface area contributed by atoms with Crippen LogP contribution in [0.15, 0.2) is 16.6 Å². The number of rotatable bonds is 0. The number of nitrogens with two attached hydrogens (primary N) is 1. The number of anilines is 1. The maximum Gasteiger partial charge on any atom is 0.416 e. The zero-order valence-electron chi connectivity index (χ0n) is 7.69. The molecular formula is C10H4BrF3N2. The number of hydrogen-bond acceptors (Lipinski definition) is 2. The number of alkyl halides is 3. The molecule has 0 bridgehead atoms. The first-order valence-electron chi connectivity index (χ1n) is 4.15. The fraction of sp³-hybridized carbons (Fsp3) is 0.100. The summed E-state index contributed by atoms with van der Waals surface area (Å²) < 4.78 is 37.7. The van der Waals surface area contributed by atoms with Crippen LogP contribution in [0.25, 0.3) is 10.9 Å². The van der Waals surface area contributed by atoms with Gasteiger partial charge >= 0.3 is 6.18 Å². The molecule has 2 N–H and O–H groups in total. The molecule has 0 aliphatic carbocycles. The van der Waals surface area contributed by atoms with E-state index in [1.54, 1.807) is 0 Å². The first-order valence-corrected chi connectivity index (χ1v) is 4.94. The average Bonchev–Trinajstić information content (AvgIpc) is 2.17. The van der Waals surface area contributed by atoms with Gasteiger partial charge < -0.3 is 5.73 Å². The first kappa shape index (κ1) is 11.0. The summed E-state index contributed by atoms with van der Waals surface area (Å²) in [5, 5.41) is 0.218. The van der Waals surface area contributed by atoms with Gasteiger partial charge in [-0.3, -0.25) is 0 Å². The van der Waals surface area contributed by atoms with E-state index in [4.69, 9.17) is 5.73 Å². The normalized spacial score (nSPS) is 11.5. The van der Waals surface area contributed by atoms with Crippen LogP contribution in [-0.4, -0.2) is 4.98 Å². The molecule has 2 aromatic rings. The Bertz CT molecular complexity index is 551. The summed E-state index contributed by atoms with van der Waals surface area (Å²) in [5.41, 5.74) is 4.95. The van der Waals surface area contributed by atoms with E-state index in [2.05, 4.69) is 33.0 Å². The van der Waals surface area contributed by atoms with E-state index in [0.29, 0.717) is 5.52 Å². The Morgan fingerprint density at radius 1 is 1.25 bits per heavy atom. The molecule has 0 atom stereocenters. The van der Waals surface area contributed by atoms with Crippen LogP contribution < -0.4 is 5.73 Å². The van der Waals surface area contributed by atoms with E-state index >= 15 is 0 Å². The van der Waals surface area contributed by atoms with Crippen molar-refractivity contribution in [3.8, 4) is 0 Å². The molecule has 0 fully saturated rings. The lowest BCUT2D eigenvalue weighted by atomic mass is 10.1. The Hall–Kier alpha value is -1.48. The maximum absolute atomic E-state index is 12.5. The van der Waals surface area contributed by atoms with Gasteiger partial charge in [0.15, 0.2) is 5.82 Å². The average molecular weight is 289 g/mol. The molecule has 2 rings (SSSR count). The molecule has 6 heteroatoms. The second-order valence-corrected chi connectivity index (χ2v) is 3.95. The van der Waals surface area contributed by atoms with Gasteiger partial charge in [0.05, 0.1) is 16.5 Å². The van der Waals surface area contributed by atoms with Crippen molar-refractivity contribution in [1.29, 1.82) is 0 Å². The Morgan fingerprint density at radius 3 is 2.56 bits per heavy atom. The number of fused-ring (bicyclic) bond motifs is 1. The van der Waals surface area contributed by atoms with Gasteiger partial charge in [-0.25, -0.2) is 4.98 Å². The molecule has 0 aliphatic heterocycles. The summed E-state index contributed by atoms with van der Waals surface area (Å²) in [6.07, 6.45) is -4.40. The molecule has 0 unspecified atom stereocenters. The quantitative estimate of drug-likeness (QED) is 0.809. The third kappa shape index (κ3) is 1.91. The second-order valence-electron chi connectivity index (χ2n) is 3.10. The Balaban J connectivity index is 2.74. The summed E-state index contributed by atoms with van der Waals surface area (Å²) in [5.74, 6) is 0.0907. The van der Waals surface area contributed by atoms with Gasteiger partial charge in [-0.15, -0.1) is 0 Å². The van der Waals surface area contributed by atoms with Crippen molar-refractivity contribution in [1.82, 2.24) is 4.98 Å². The predicted octanol–water partition coefficient (Wildman–Crippen LogP) is 3.20. The van der Waals surface area contributed by atoms with Crippen molar-refractivity contribution >= 4 is 32.7 Å². The van der Waals surface area contributed by atoms with Gasteiger partial charge in [-0.2, -0.15) is 13.2 Å². The third-order valence-electron chi connectivity index (χ3n) is 1.95. The maximum atomic E-state index is 12.5. The number of nitrogen functional groups attached to an aromatic ring is 1. The van der Waals surface area contributed by atoms with Crippen molar-refractivity contribution in [3.05, 3.63) is 34.3 Å². The van der Waals surface area contributed by atoms with Crippen molar-refractivity contribution in [2.75, 3.05) is 5.73 Å². The lowest BCUT2D eigenvalue weighted by Gasteiger charge is -2.08. The largest absolute Gasteiger partial charge is 0.416 e. The fourth-order valence-electron chi connectivity index (χ4n) is 1.25. The molecule has 0 saturated heterocycles. The molecule has 0 spiro atoms. The van der Waals surface area contributed by atoms with Gasteiger partial charge in [-0.05, 0) is 34.1 Å². The van der Waals surface area contributed by atoms with E-state index in [1.165, 1.54) is 0 Å². The topological polar surface area (TPSA) is 38.9 Å². The van der Waals surface area contributed by atoms with Crippen LogP contribution in [-0.2, 0) is 6.18 Å². The number of aromatic nitrogens is 1. The van der Waals surface area contributed by atoms with E-state index in [1.807, 2.05) is 0 Å². The van der Waals surface area contributed by atoms with Crippen molar-refractivity contribution in [2.45, 2.75) is 6.18 Å². The molecule has 16 heavy (non-hydrogen) atoms.